The van der Waals surface area contributed by atoms with Gasteiger partial charge in [0.05, 0.1) is 5.56 Å². The Kier molecular flexibility index (Phi) is 7.16. The maximum absolute atomic E-state index is 11.0. The number of aromatic carboxylic acids is 1. The topological polar surface area (TPSA) is 37.3 Å². The van der Waals surface area contributed by atoms with E-state index in [0.29, 0.717) is 11.5 Å². The summed E-state index contributed by atoms with van der Waals surface area (Å²) in [5.74, 6) is 2.75. The molecule has 0 heterocycles. The van der Waals surface area contributed by atoms with E-state index in [9.17, 15) is 4.79 Å². The molecule has 26 heavy (non-hydrogen) atoms. The van der Waals surface area contributed by atoms with Crippen LogP contribution in [0, 0.1) is 17.8 Å². The van der Waals surface area contributed by atoms with E-state index in [1.165, 1.54) is 82.6 Å². The Morgan fingerprint density at radius 1 is 0.885 bits per heavy atom. The van der Waals surface area contributed by atoms with Crippen molar-refractivity contribution in [3.05, 3.63) is 35.4 Å². The normalized spacial score (nSPS) is 29.4. The molecule has 0 aliphatic heterocycles. The quantitative estimate of drug-likeness (QED) is 0.532. The highest BCUT2D eigenvalue weighted by Gasteiger charge is 2.31. The molecule has 2 heteroatoms. The van der Waals surface area contributed by atoms with Crippen LogP contribution in [0.3, 0.4) is 0 Å². The summed E-state index contributed by atoms with van der Waals surface area (Å²) in [7, 11) is 0. The number of rotatable bonds is 7. The minimum Gasteiger partial charge on any atom is -0.478 e. The van der Waals surface area contributed by atoms with Gasteiger partial charge >= 0.3 is 5.97 Å². The number of carbonyl (C=O) groups is 1. The van der Waals surface area contributed by atoms with E-state index in [-0.39, 0.29) is 0 Å². The fraction of sp³-hybridized carbons (Fsp3) is 0.708. The third-order valence-corrected chi connectivity index (χ3v) is 7.17. The van der Waals surface area contributed by atoms with E-state index in [0.717, 1.165) is 17.8 Å². The van der Waals surface area contributed by atoms with E-state index in [4.69, 9.17) is 5.11 Å². The Morgan fingerprint density at radius 2 is 1.46 bits per heavy atom. The summed E-state index contributed by atoms with van der Waals surface area (Å²) >= 11 is 0. The molecule has 0 bridgehead atoms. The third-order valence-electron chi connectivity index (χ3n) is 7.17. The number of hydrogen-bond acceptors (Lipinski definition) is 1. The van der Waals surface area contributed by atoms with E-state index >= 15 is 0 Å². The number of carboxylic acid groups (broad SMARTS) is 1. The fourth-order valence-corrected chi connectivity index (χ4v) is 5.45. The molecule has 144 valence electrons. The van der Waals surface area contributed by atoms with Crippen molar-refractivity contribution >= 4 is 5.97 Å². The minimum atomic E-state index is -0.828. The van der Waals surface area contributed by atoms with Crippen LogP contribution in [0.1, 0.15) is 106 Å². The second kappa shape index (κ2) is 9.58. The zero-order chi connectivity index (χ0) is 18.4. The van der Waals surface area contributed by atoms with Gasteiger partial charge in [-0.05, 0) is 79.9 Å². The average molecular weight is 357 g/mol. The predicted molar refractivity (Wildman–Crippen MR) is 108 cm³/mol. The van der Waals surface area contributed by atoms with Crippen LogP contribution in [0.15, 0.2) is 24.3 Å². The van der Waals surface area contributed by atoms with Gasteiger partial charge in [-0.25, -0.2) is 4.79 Å². The van der Waals surface area contributed by atoms with Crippen molar-refractivity contribution < 1.29 is 9.90 Å². The molecule has 0 spiro atoms. The lowest BCUT2D eigenvalue weighted by Gasteiger charge is -2.38. The van der Waals surface area contributed by atoms with Crippen molar-refractivity contribution in [2.75, 3.05) is 0 Å². The molecule has 2 saturated carbocycles. The van der Waals surface area contributed by atoms with Crippen LogP contribution >= 0.6 is 0 Å². The van der Waals surface area contributed by atoms with Crippen LogP contribution in [0.25, 0.3) is 0 Å². The molecule has 0 unspecified atom stereocenters. The molecule has 2 aliphatic carbocycles. The molecule has 0 aromatic heterocycles. The molecule has 2 nitrogen and oxygen atoms in total. The van der Waals surface area contributed by atoms with Gasteiger partial charge in [0.25, 0.3) is 0 Å². The lowest BCUT2D eigenvalue weighted by atomic mass is 9.68. The molecule has 0 amide bonds. The Labute approximate surface area is 159 Å². The van der Waals surface area contributed by atoms with Crippen LogP contribution in [-0.4, -0.2) is 11.1 Å². The highest BCUT2D eigenvalue weighted by Crippen LogP contribution is 2.44. The Bertz CT molecular complexity index is 546. The van der Waals surface area contributed by atoms with Gasteiger partial charge in [0.1, 0.15) is 0 Å². The highest BCUT2D eigenvalue weighted by atomic mass is 16.4. The molecular weight excluding hydrogens is 320 g/mol. The second-order valence-electron chi connectivity index (χ2n) is 8.82. The molecule has 0 atom stereocenters. The SMILES string of the molecule is CCCCC[C@H]1CC[C@H]([C@H]2CC[C@H](c3ccc(C(=O)O)cc3)CC2)CC1. The number of carboxylic acids is 1. The Balaban J connectivity index is 1.42. The molecule has 0 radical (unpaired) electrons. The summed E-state index contributed by atoms with van der Waals surface area (Å²) in [6.45, 7) is 2.30. The summed E-state index contributed by atoms with van der Waals surface area (Å²) in [5, 5.41) is 9.04. The fourth-order valence-electron chi connectivity index (χ4n) is 5.45. The summed E-state index contributed by atoms with van der Waals surface area (Å²) < 4.78 is 0. The van der Waals surface area contributed by atoms with E-state index in [2.05, 4.69) is 6.92 Å². The van der Waals surface area contributed by atoms with Crippen LogP contribution < -0.4 is 0 Å². The van der Waals surface area contributed by atoms with Gasteiger partial charge in [0.2, 0.25) is 0 Å². The van der Waals surface area contributed by atoms with Gasteiger partial charge in [-0.2, -0.15) is 0 Å². The molecule has 0 saturated heterocycles. The minimum absolute atomic E-state index is 0.401. The van der Waals surface area contributed by atoms with Crippen molar-refractivity contribution in [2.24, 2.45) is 17.8 Å². The summed E-state index contributed by atoms with van der Waals surface area (Å²) in [6, 6.07) is 7.61. The number of unbranched alkanes of at least 4 members (excludes halogenated alkanes) is 2. The summed E-state index contributed by atoms with van der Waals surface area (Å²) in [4.78, 5) is 11.0. The molecule has 2 aliphatic rings. The van der Waals surface area contributed by atoms with Gasteiger partial charge in [-0.15, -0.1) is 0 Å². The maximum Gasteiger partial charge on any atom is 0.335 e. The van der Waals surface area contributed by atoms with Crippen LogP contribution in [-0.2, 0) is 0 Å². The molecule has 1 aromatic rings. The maximum atomic E-state index is 11.0. The first-order valence-electron chi connectivity index (χ1n) is 11.0. The first-order valence-corrected chi connectivity index (χ1v) is 11.0. The zero-order valence-electron chi connectivity index (χ0n) is 16.5. The van der Waals surface area contributed by atoms with Crippen molar-refractivity contribution in [1.82, 2.24) is 0 Å². The Hall–Kier alpha value is -1.31. The van der Waals surface area contributed by atoms with Gasteiger partial charge in [-0.1, -0.05) is 57.6 Å². The summed E-state index contributed by atoms with van der Waals surface area (Å²) in [6.07, 6.45) is 16.9. The summed E-state index contributed by atoms with van der Waals surface area (Å²) in [5.41, 5.74) is 1.74. The van der Waals surface area contributed by atoms with E-state index in [1.54, 1.807) is 12.1 Å². The van der Waals surface area contributed by atoms with Crippen molar-refractivity contribution in [1.29, 1.82) is 0 Å². The third kappa shape index (κ3) is 5.11. The van der Waals surface area contributed by atoms with Crippen LogP contribution in [0.5, 0.6) is 0 Å². The average Bonchev–Trinajstić information content (AvgIpc) is 2.69. The highest BCUT2D eigenvalue weighted by molar-refractivity contribution is 5.87. The monoisotopic (exact) mass is 356 g/mol. The lowest BCUT2D eigenvalue weighted by molar-refractivity contribution is 0.0697. The van der Waals surface area contributed by atoms with Crippen molar-refractivity contribution in [3.8, 4) is 0 Å². The van der Waals surface area contributed by atoms with Crippen molar-refractivity contribution in [3.63, 3.8) is 0 Å². The largest absolute Gasteiger partial charge is 0.478 e. The molecule has 1 N–H and O–H groups in total. The van der Waals surface area contributed by atoms with E-state index in [1.807, 2.05) is 12.1 Å². The van der Waals surface area contributed by atoms with Gasteiger partial charge in [0.15, 0.2) is 0 Å². The number of benzene rings is 1. The van der Waals surface area contributed by atoms with E-state index < -0.39 is 5.97 Å². The molecule has 2 fully saturated rings. The number of hydrogen-bond donors (Lipinski definition) is 1. The smallest absolute Gasteiger partial charge is 0.335 e. The Morgan fingerprint density at radius 3 is 2.00 bits per heavy atom. The van der Waals surface area contributed by atoms with Gasteiger partial charge in [0, 0.05) is 0 Å². The zero-order valence-corrected chi connectivity index (χ0v) is 16.5. The first kappa shape index (κ1) is 19.5. The molecule has 1 aromatic carbocycles. The predicted octanol–water partition coefficient (Wildman–Crippen LogP) is 7.05. The second-order valence-corrected chi connectivity index (χ2v) is 8.82. The van der Waals surface area contributed by atoms with Crippen LogP contribution in [0.2, 0.25) is 0 Å². The first-order chi connectivity index (χ1) is 12.7. The molecular formula is C24H36O2. The lowest BCUT2D eigenvalue weighted by Crippen LogP contribution is -2.25. The van der Waals surface area contributed by atoms with Crippen LogP contribution in [0.4, 0.5) is 0 Å². The van der Waals surface area contributed by atoms with Gasteiger partial charge < -0.3 is 5.11 Å². The van der Waals surface area contributed by atoms with Crippen molar-refractivity contribution in [2.45, 2.75) is 89.9 Å². The molecule has 3 rings (SSSR count). The van der Waals surface area contributed by atoms with Gasteiger partial charge in [-0.3, -0.25) is 0 Å². The standard InChI is InChI=1S/C24H36O2/c1-2-3-4-5-18-6-8-19(9-7-18)20-10-12-21(13-11-20)22-14-16-23(17-15-22)24(25)26/h14-21H,2-13H2,1H3,(H,25,26)/t18-,19-,20-,21-.